The van der Waals surface area contributed by atoms with Gasteiger partial charge in [0.1, 0.15) is 11.2 Å². The SMILES string of the molecule is CC1(C)c2ccccc2-c2ccc(-c3cc(-c4cc(-c5ccccc5)cc(-c5cc6c7ccccc7oc6c6ccccc56)c4)nc(-c4ccccc4)n3)cc21. The molecule has 0 unspecified atom stereocenters. The van der Waals surface area contributed by atoms with Crippen molar-refractivity contribution in [1.82, 2.24) is 9.97 Å². The van der Waals surface area contributed by atoms with E-state index in [9.17, 15) is 0 Å². The average molecular weight is 717 g/mol. The van der Waals surface area contributed by atoms with E-state index in [1.807, 2.05) is 12.1 Å². The summed E-state index contributed by atoms with van der Waals surface area (Å²) in [4.78, 5) is 10.6. The van der Waals surface area contributed by atoms with E-state index in [1.165, 1.54) is 22.3 Å². The summed E-state index contributed by atoms with van der Waals surface area (Å²) < 4.78 is 6.50. The zero-order valence-corrected chi connectivity index (χ0v) is 31.1. The molecule has 0 saturated heterocycles. The van der Waals surface area contributed by atoms with Gasteiger partial charge in [-0.15, -0.1) is 0 Å². The Morgan fingerprint density at radius 1 is 0.375 bits per heavy atom. The largest absolute Gasteiger partial charge is 0.455 e. The summed E-state index contributed by atoms with van der Waals surface area (Å²) in [5.74, 6) is 0.699. The molecule has 0 amide bonds. The van der Waals surface area contributed by atoms with Crippen molar-refractivity contribution in [2.45, 2.75) is 19.3 Å². The van der Waals surface area contributed by atoms with Gasteiger partial charge in [-0.25, -0.2) is 9.97 Å². The molecule has 11 rings (SSSR count). The van der Waals surface area contributed by atoms with Gasteiger partial charge in [0.2, 0.25) is 0 Å². The standard InChI is InChI=1S/C53H36N2O/c1-53(2)46-23-13-11-20-40(46)41-26-25-35(30-47(41)53)48-32-49(55-52(54-48)34-17-7-4-8-18-34)38-28-36(33-15-5-3-6-16-33)27-37(29-38)44-31-45-42-21-12-14-24-50(42)56-51(45)43-22-10-9-19-39(43)44/h3-32H,1-2H3. The third-order valence-electron chi connectivity index (χ3n) is 11.7. The third kappa shape index (κ3) is 5.12. The van der Waals surface area contributed by atoms with E-state index >= 15 is 0 Å². The van der Waals surface area contributed by atoms with Crippen LogP contribution in [-0.4, -0.2) is 9.97 Å². The van der Waals surface area contributed by atoms with Crippen molar-refractivity contribution in [3.8, 4) is 67.3 Å². The molecule has 0 atom stereocenters. The number of aromatic nitrogens is 2. The summed E-state index contributed by atoms with van der Waals surface area (Å²) in [5, 5.41) is 4.46. The number of nitrogens with zero attached hydrogens (tertiary/aromatic N) is 2. The molecule has 3 heteroatoms. The maximum absolute atomic E-state index is 6.50. The van der Waals surface area contributed by atoms with Crippen LogP contribution in [-0.2, 0) is 5.41 Å². The smallest absolute Gasteiger partial charge is 0.160 e. The normalized spacial score (nSPS) is 13.0. The van der Waals surface area contributed by atoms with Crippen LogP contribution in [0.1, 0.15) is 25.0 Å². The number of furan rings is 1. The van der Waals surface area contributed by atoms with Gasteiger partial charge in [-0.05, 0) is 92.4 Å². The molecule has 3 nitrogen and oxygen atoms in total. The molecule has 1 aliphatic carbocycles. The van der Waals surface area contributed by atoms with Gasteiger partial charge in [-0.2, -0.15) is 0 Å². The first-order chi connectivity index (χ1) is 27.5. The Labute approximate surface area is 325 Å². The Morgan fingerprint density at radius 3 is 1.79 bits per heavy atom. The molecule has 2 aromatic heterocycles. The first-order valence-electron chi connectivity index (χ1n) is 19.2. The highest BCUT2D eigenvalue weighted by Gasteiger charge is 2.35. The molecule has 1 aliphatic rings. The maximum Gasteiger partial charge on any atom is 0.160 e. The predicted octanol–water partition coefficient (Wildman–Crippen LogP) is 14.2. The number of para-hydroxylation sites is 1. The van der Waals surface area contributed by atoms with Crippen molar-refractivity contribution in [2.24, 2.45) is 0 Å². The minimum Gasteiger partial charge on any atom is -0.455 e. The zero-order valence-electron chi connectivity index (χ0n) is 31.1. The molecule has 0 saturated carbocycles. The van der Waals surface area contributed by atoms with E-state index in [0.29, 0.717) is 5.82 Å². The number of fused-ring (bicyclic) bond motifs is 8. The van der Waals surface area contributed by atoms with E-state index in [1.54, 1.807) is 0 Å². The summed E-state index contributed by atoms with van der Waals surface area (Å²) in [7, 11) is 0. The summed E-state index contributed by atoms with van der Waals surface area (Å²) in [6.07, 6.45) is 0. The van der Waals surface area contributed by atoms with Crippen molar-refractivity contribution >= 4 is 32.7 Å². The first kappa shape index (κ1) is 32.3. The Morgan fingerprint density at radius 2 is 0.982 bits per heavy atom. The minimum atomic E-state index is -0.122. The van der Waals surface area contributed by atoms with Crippen LogP contribution in [0.15, 0.2) is 186 Å². The lowest BCUT2D eigenvalue weighted by Crippen LogP contribution is -2.14. The molecule has 0 fully saturated rings. The van der Waals surface area contributed by atoms with Crippen molar-refractivity contribution in [3.05, 3.63) is 193 Å². The van der Waals surface area contributed by atoms with E-state index in [2.05, 4.69) is 184 Å². The van der Waals surface area contributed by atoms with Crippen LogP contribution in [0.3, 0.4) is 0 Å². The molecule has 0 N–H and O–H groups in total. The lowest BCUT2D eigenvalue weighted by atomic mass is 9.82. The number of rotatable bonds is 5. The summed E-state index contributed by atoms with van der Waals surface area (Å²) >= 11 is 0. The van der Waals surface area contributed by atoms with Gasteiger partial charge in [0.15, 0.2) is 5.82 Å². The molecule has 56 heavy (non-hydrogen) atoms. The monoisotopic (exact) mass is 716 g/mol. The second-order valence-electron chi connectivity index (χ2n) is 15.4. The Kier molecular flexibility index (Phi) is 7.20. The highest BCUT2D eigenvalue weighted by atomic mass is 16.3. The lowest BCUT2D eigenvalue weighted by molar-refractivity contribution is 0.660. The molecule has 2 heterocycles. The molecule has 8 aromatic carbocycles. The second-order valence-corrected chi connectivity index (χ2v) is 15.4. The fourth-order valence-electron chi connectivity index (χ4n) is 8.84. The van der Waals surface area contributed by atoms with Gasteiger partial charge in [0.05, 0.1) is 11.4 Å². The van der Waals surface area contributed by atoms with Crippen LogP contribution in [0, 0.1) is 0 Å². The topological polar surface area (TPSA) is 38.9 Å². The number of benzene rings is 8. The van der Waals surface area contributed by atoms with Gasteiger partial charge in [-0.3, -0.25) is 0 Å². The van der Waals surface area contributed by atoms with Crippen molar-refractivity contribution in [3.63, 3.8) is 0 Å². The third-order valence-corrected chi connectivity index (χ3v) is 11.7. The van der Waals surface area contributed by atoms with Crippen LogP contribution in [0.25, 0.3) is 100.0 Å². The van der Waals surface area contributed by atoms with Crippen LogP contribution < -0.4 is 0 Å². The molecule has 0 radical (unpaired) electrons. The average Bonchev–Trinajstić information content (AvgIpc) is 3.75. The van der Waals surface area contributed by atoms with Gasteiger partial charge in [-0.1, -0.05) is 153 Å². The van der Waals surface area contributed by atoms with E-state index in [4.69, 9.17) is 14.4 Å². The number of hydrogen-bond acceptors (Lipinski definition) is 3. The quantitative estimate of drug-likeness (QED) is 0.178. The molecule has 0 aliphatic heterocycles. The Bertz CT molecular complexity index is 3160. The summed E-state index contributed by atoms with van der Waals surface area (Å²) in [5.41, 5.74) is 16.4. The fraction of sp³-hybridized carbons (Fsp3) is 0.0566. The highest BCUT2D eigenvalue weighted by molar-refractivity contribution is 6.19. The molecule has 264 valence electrons. The molecule has 0 bridgehead atoms. The summed E-state index contributed by atoms with van der Waals surface area (Å²) in [6, 6.07) is 64.8. The predicted molar refractivity (Wildman–Crippen MR) is 232 cm³/mol. The zero-order chi connectivity index (χ0) is 37.4. The van der Waals surface area contributed by atoms with Gasteiger partial charge in [0.25, 0.3) is 0 Å². The van der Waals surface area contributed by atoms with E-state index in [-0.39, 0.29) is 5.41 Å². The lowest BCUT2D eigenvalue weighted by Gasteiger charge is -2.22. The molecule has 0 spiro atoms. The van der Waals surface area contributed by atoms with Gasteiger partial charge < -0.3 is 4.42 Å². The van der Waals surface area contributed by atoms with Crippen LogP contribution >= 0.6 is 0 Å². The van der Waals surface area contributed by atoms with Gasteiger partial charge >= 0.3 is 0 Å². The molecular weight excluding hydrogens is 681 g/mol. The number of hydrogen-bond donors (Lipinski definition) is 0. The van der Waals surface area contributed by atoms with Crippen LogP contribution in [0.5, 0.6) is 0 Å². The van der Waals surface area contributed by atoms with Crippen molar-refractivity contribution in [1.29, 1.82) is 0 Å². The van der Waals surface area contributed by atoms with Crippen LogP contribution in [0.2, 0.25) is 0 Å². The van der Waals surface area contributed by atoms with Crippen LogP contribution in [0.4, 0.5) is 0 Å². The maximum atomic E-state index is 6.50. The van der Waals surface area contributed by atoms with E-state index < -0.39 is 0 Å². The first-order valence-corrected chi connectivity index (χ1v) is 19.2. The Balaban J connectivity index is 1.15. The molecular formula is C53H36N2O. The highest BCUT2D eigenvalue weighted by Crippen LogP contribution is 2.50. The van der Waals surface area contributed by atoms with Crippen molar-refractivity contribution < 1.29 is 4.42 Å². The minimum absolute atomic E-state index is 0.122. The van der Waals surface area contributed by atoms with Crippen molar-refractivity contribution in [2.75, 3.05) is 0 Å². The Hall–Kier alpha value is -7.10. The summed E-state index contributed by atoms with van der Waals surface area (Å²) in [6.45, 7) is 4.65. The fourth-order valence-corrected chi connectivity index (χ4v) is 8.84. The second kappa shape index (κ2) is 12.5. The molecule has 10 aromatic rings. The van der Waals surface area contributed by atoms with Gasteiger partial charge in [0, 0.05) is 38.3 Å². The van der Waals surface area contributed by atoms with E-state index in [0.717, 1.165) is 83.0 Å².